The molecule has 0 bridgehead atoms. The van der Waals surface area contributed by atoms with Gasteiger partial charge in [0.25, 0.3) is 5.91 Å². The smallest absolute Gasteiger partial charge is 0.263 e. The van der Waals surface area contributed by atoms with Crippen LogP contribution in [0, 0.1) is 0 Å². The molecule has 0 aliphatic carbocycles. The van der Waals surface area contributed by atoms with Crippen molar-refractivity contribution in [3.05, 3.63) is 28.2 Å². The molecule has 0 aromatic heterocycles. The summed E-state index contributed by atoms with van der Waals surface area (Å²) in [4.78, 5) is 13.5. The van der Waals surface area contributed by atoms with E-state index in [1.807, 2.05) is 18.2 Å². The number of nitrogens with two attached hydrogens (primary N) is 1. The normalized spacial score (nSPS) is 19.8. The van der Waals surface area contributed by atoms with Gasteiger partial charge >= 0.3 is 0 Å². The lowest BCUT2D eigenvalue weighted by Crippen LogP contribution is -2.29. The lowest BCUT2D eigenvalue weighted by molar-refractivity contribution is -0.132. The fraction of sp³-hybridized carbons (Fsp3) is 0.417. The molecule has 1 atom stereocenters. The molecule has 1 aliphatic rings. The van der Waals surface area contributed by atoms with Gasteiger partial charge in [-0.3, -0.25) is 4.79 Å². The van der Waals surface area contributed by atoms with Crippen molar-refractivity contribution in [1.29, 1.82) is 0 Å². The van der Waals surface area contributed by atoms with Gasteiger partial charge in [-0.2, -0.15) is 0 Å². The Bertz CT molecular complexity index is 437. The molecular formula is C12H15BrN2O2. The monoisotopic (exact) mass is 298 g/mol. The molecule has 1 aromatic rings. The first-order valence-electron chi connectivity index (χ1n) is 5.52. The lowest BCUT2D eigenvalue weighted by Gasteiger charge is -2.16. The highest BCUT2D eigenvalue weighted by Gasteiger charge is 2.31. The molecule has 0 radical (unpaired) electrons. The number of para-hydroxylation sites is 1. The van der Waals surface area contributed by atoms with E-state index in [2.05, 4.69) is 15.9 Å². The number of rotatable bonds is 3. The topological polar surface area (TPSA) is 55.6 Å². The molecular weight excluding hydrogens is 284 g/mol. The number of carbonyl (C=O) groups is 1. The van der Waals surface area contributed by atoms with Gasteiger partial charge in [0.05, 0.1) is 4.47 Å². The van der Waals surface area contributed by atoms with Gasteiger partial charge in [0.2, 0.25) is 0 Å². The van der Waals surface area contributed by atoms with Crippen molar-refractivity contribution >= 4 is 21.8 Å². The molecule has 4 nitrogen and oxygen atoms in total. The van der Waals surface area contributed by atoms with Crippen LogP contribution in [-0.4, -0.2) is 30.5 Å². The number of hydrogen-bond acceptors (Lipinski definition) is 3. The summed E-state index contributed by atoms with van der Waals surface area (Å²) < 4.78 is 6.63. The van der Waals surface area contributed by atoms with Gasteiger partial charge in [0.1, 0.15) is 5.75 Å². The van der Waals surface area contributed by atoms with Gasteiger partial charge < -0.3 is 15.4 Å². The highest BCUT2D eigenvalue weighted by Crippen LogP contribution is 2.31. The molecule has 0 spiro atoms. The predicted molar refractivity (Wildman–Crippen MR) is 68.7 cm³/mol. The quantitative estimate of drug-likeness (QED) is 0.920. The zero-order valence-electron chi connectivity index (χ0n) is 9.65. The molecule has 0 saturated carbocycles. The Morgan fingerprint density at radius 3 is 2.94 bits per heavy atom. The Balaban J connectivity index is 2.21. The van der Waals surface area contributed by atoms with Gasteiger partial charge in [-0.15, -0.1) is 0 Å². The Labute approximate surface area is 109 Å². The van der Waals surface area contributed by atoms with Crippen LogP contribution in [0.15, 0.2) is 22.7 Å². The number of nitrogens with zero attached hydrogens (tertiary/aromatic N) is 1. The lowest BCUT2D eigenvalue weighted by atomic mass is 10.2. The van der Waals surface area contributed by atoms with E-state index in [-0.39, 0.29) is 12.0 Å². The molecule has 2 N–H and O–H groups in total. The highest BCUT2D eigenvalue weighted by molar-refractivity contribution is 9.10. The maximum Gasteiger partial charge on any atom is 0.263 e. The second-order valence-electron chi connectivity index (χ2n) is 4.09. The summed E-state index contributed by atoms with van der Waals surface area (Å²) in [6.45, 7) is 1.14. The highest BCUT2D eigenvalue weighted by atomic mass is 79.9. The van der Waals surface area contributed by atoms with E-state index >= 15 is 0 Å². The molecule has 1 fully saturated rings. The fourth-order valence-electron chi connectivity index (χ4n) is 1.89. The maximum atomic E-state index is 11.8. The summed E-state index contributed by atoms with van der Waals surface area (Å²) in [5.74, 6) is 0.715. The molecule has 17 heavy (non-hydrogen) atoms. The minimum absolute atomic E-state index is 0.0312. The van der Waals surface area contributed by atoms with Crippen LogP contribution in [0.3, 0.4) is 0 Å². The van der Waals surface area contributed by atoms with Crippen LogP contribution in [0.5, 0.6) is 5.75 Å². The number of benzene rings is 1. The minimum atomic E-state index is -0.385. The first kappa shape index (κ1) is 12.4. The van der Waals surface area contributed by atoms with E-state index in [4.69, 9.17) is 10.5 Å². The standard InChI is InChI=1S/C12H15BrN2O2/c1-15-6-5-10(12(15)16)17-11-8(7-14)3-2-4-9(11)13/h2-4,10H,5-7,14H2,1H3. The number of ether oxygens (including phenoxy) is 1. The van der Waals surface area contributed by atoms with Gasteiger partial charge in [-0.25, -0.2) is 0 Å². The van der Waals surface area contributed by atoms with Crippen molar-refractivity contribution in [3.63, 3.8) is 0 Å². The van der Waals surface area contributed by atoms with Gasteiger partial charge in [0, 0.05) is 32.1 Å². The second kappa shape index (κ2) is 5.06. The molecule has 5 heteroatoms. The molecule has 2 rings (SSSR count). The second-order valence-corrected chi connectivity index (χ2v) is 4.94. The van der Waals surface area contributed by atoms with Crippen molar-refractivity contribution in [2.75, 3.05) is 13.6 Å². The van der Waals surface area contributed by atoms with Crippen LogP contribution in [0.1, 0.15) is 12.0 Å². The third-order valence-corrected chi connectivity index (χ3v) is 3.53. The molecule has 1 aromatic carbocycles. The average molecular weight is 299 g/mol. The third-order valence-electron chi connectivity index (χ3n) is 2.91. The van der Waals surface area contributed by atoms with Crippen LogP contribution in [-0.2, 0) is 11.3 Å². The SMILES string of the molecule is CN1CCC(Oc2c(Br)cccc2CN)C1=O. The van der Waals surface area contributed by atoms with Crippen LogP contribution in [0.2, 0.25) is 0 Å². The van der Waals surface area contributed by atoms with Gasteiger partial charge in [0.15, 0.2) is 6.10 Å². The molecule has 1 unspecified atom stereocenters. The van der Waals surface area contributed by atoms with Crippen LogP contribution >= 0.6 is 15.9 Å². The predicted octanol–water partition coefficient (Wildman–Crippen LogP) is 1.52. The third kappa shape index (κ3) is 2.45. The Morgan fingerprint density at radius 2 is 2.35 bits per heavy atom. The number of likely N-dealkylation sites (N-methyl/N-ethyl adjacent to an activating group) is 1. The van der Waals surface area contributed by atoms with Crippen molar-refractivity contribution in [2.24, 2.45) is 5.73 Å². The van der Waals surface area contributed by atoms with Crippen molar-refractivity contribution < 1.29 is 9.53 Å². The largest absolute Gasteiger partial charge is 0.479 e. The van der Waals surface area contributed by atoms with E-state index in [0.29, 0.717) is 12.3 Å². The first-order valence-corrected chi connectivity index (χ1v) is 6.32. The number of likely N-dealkylation sites (tertiary alicyclic amines) is 1. The Morgan fingerprint density at radius 1 is 1.59 bits per heavy atom. The number of amides is 1. The summed E-state index contributed by atoms with van der Waals surface area (Å²) in [7, 11) is 1.79. The van der Waals surface area contributed by atoms with Gasteiger partial charge in [-0.05, 0) is 22.0 Å². The van der Waals surface area contributed by atoms with E-state index in [1.54, 1.807) is 11.9 Å². The molecule has 1 heterocycles. The summed E-state index contributed by atoms with van der Waals surface area (Å²) >= 11 is 3.42. The van der Waals surface area contributed by atoms with Gasteiger partial charge in [-0.1, -0.05) is 12.1 Å². The Kier molecular flexibility index (Phi) is 3.69. The van der Waals surface area contributed by atoms with Crippen molar-refractivity contribution in [2.45, 2.75) is 19.1 Å². The van der Waals surface area contributed by atoms with Crippen molar-refractivity contribution in [1.82, 2.24) is 4.90 Å². The van der Waals surface area contributed by atoms with Crippen molar-refractivity contribution in [3.8, 4) is 5.75 Å². The summed E-state index contributed by atoms with van der Waals surface area (Å²) in [5.41, 5.74) is 6.56. The zero-order valence-corrected chi connectivity index (χ0v) is 11.2. The van der Waals surface area contributed by atoms with E-state index in [0.717, 1.165) is 23.0 Å². The molecule has 1 amide bonds. The zero-order chi connectivity index (χ0) is 12.4. The molecule has 92 valence electrons. The van der Waals surface area contributed by atoms with Crippen LogP contribution < -0.4 is 10.5 Å². The fourth-order valence-corrected chi connectivity index (χ4v) is 2.39. The summed E-state index contributed by atoms with van der Waals surface area (Å²) in [6, 6.07) is 5.70. The molecule has 1 aliphatic heterocycles. The number of hydrogen-bond donors (Lipinski definition) is 1. The van der Waals surface area contributed by atoms with E-state index in [9.17, 15) is 4.79 Å². The average Bonchev–Trinajstić information content (AvgIpc) is 2.63. The minimum Gasteiger partial charge on any atom is -0.479 e. The Hall–Kier alpha value is -1.07. The summed E-state index contributed by atoms with van der Waals surface area (Å²) in [5, 5.41) is 0. The number of halogens is 1. The summed E-state index contributed by atoms with van der Waals surface area (Å²) in [6.07, 6.45) is 0.338. The first-order chi connectivity index (χ1) is 8.13. The maximum absolute atomic E-state index is 11.8. The van der Waals surface area contributed by atoms with E-state index < -0.39 is 0 Å². The van der Waals surface area contributed by atoms with E-state index in [1.165, 1.54) is 0 Å². The van der Waals surface area contributed by atoms with Crippen LogP contribution in [0.4, 0.5) is 0 Å². The number of carbonyl (C=O) groups excluding carboxylic acids is 1. The molecule has 1 saturated heterocycles. The van der Waals surface area contributed by atoms with Crippen LogP contribution in [0.25, 0.3) is 0 Å².